The molecule has 22 nitrogen and oxygen atoms in total. The molecule has 2 aliphatic rings. The van der Waals surface area contributed by atoms with Gasteiger partial charge >= 0.3 is 23.9 Å². The first-order valence-corrected chi connectivity index (χ1v) is 43.6. The molecule has 0 atom stereocenters. The van der Waals surface area contributed by atoms with Gasteiger partial charge in [0.05, 0.1) is 78.6 Å². The van der Waals surface area contributed by atoms with E-state index in [1.807, 2.05) is 32.9 Å². The highest BCUT2D eigenvalue weighted by atomic mass is 79.9. The van der Waals surface area contributed by atoms with Crippen LogP contribution < -0.4 is 56.2 Å². The van der Waals surface area contributed by atoms with E-state index in [-0.39, 0.29) is 49.2 Å². The van der Waals surface area contributed by atoms with Crippen LogP contribution in [0.2, 0.25) is 40.2 Å². The van der Waals surface area contributed by atoms with Gasteiger partial charge in [0.15, 0.2) is 0 Å². The molecule has 0 radical (unpaired) electrons. The van der Waals surface area contributed by atoms with Crippen molar-refractivity contribution in [2.75, 3.05) is 47.4 Å². The van der Waals surface area contributed by atoms with E-state index in [1.54, 1.807) is 84.9 Å². The summed E-state index contributed by atoms with van der Waals surface area (Å²) in [5.41, 5.74) is 7.53. The van der Waals surface area contributed by atoms with Crippen LogP contribution in [-0.4, -0.2) is 106 Å². The standard InChI is InChI=1S/C20H18Br2Cl2N2O4.C20H17Br2Cl2NO3.C19H18Br2Cl2N2O4.C18H16Br2Cl2N2O4/c21-14-5-10(20(29)25-8-17(27)28)6-15(22)19(14)30-9-11-4-12(23)7-16(18(11)24)26-13-2-1-3-13;21-15-6-11(4-5-18(26)27)7-16(22)20(15)28-10-12-8-13(23)9-17(19(12)24)25-14-2-1-3-14;1-9(2)25-15-6-12(22)3-11(17(15)23)8-29-18-13(20)4-10(5-14(18)21)19(28)24-7-16(26)27;1-2-23-14-6-11(21)3-10(16(14)22)8-28-17-12(19)4-9(5-13(17)20)18(27)24-7-15(25)26/h4-7,13,26H,1-3,8-9H2,(H,25,29)(H,27,28);4-9,14,25H,1-3,10H2,(H,26,27);3-6,9,25H,7-8H2,1-2H3,(H,24,28)(H,26,27);3-6,23H,2,7-8H2,1H3,(H,24,27)(H,25,26). The van der Waals surface area contributed by atoms with Crippen molar-refractivity contribution in [2.45, 2.75) is 104 Å². The summed E-state index contributed by atoms with van der Waals surface area (Å²) >= 11 is 78.1. The molecule has 11 N–H and O–H groups in total. The second-order valence-electron chi connectivity index (χ2n) is 25.3. The van der Waals surface area contributed by atoms with Crippen LogP contribution in [0.3, 0.4) is 0 Å². The number of ether oxygens (including phenoxy) is 4. The number of carboxylic acids is 4. The van der Waals surface area contributed by atoms with E-state index in [9.17, 15) is 33.6 Å². The van der Waals surface area contributed by atoms with E-state index in [2.05, 4.69) is 165 Å². The first-order chi connectivity index (χ1) is 54.4. The summed E-state index contributed by atoms with van der Waals surface area (Å²) < 4.78 is 28.2. The highest BCUT2D eigenvalue weighted by Gasteiger charge is 2.25. The third-order valence-electron chi connectivity index (χ3n) is 16.1. The summed E-state index contributed by atoms with van der Waals surface area (Å²) in [6.45, 7) is 5.95. The quantitative estimate of drug-likeness (QED) is 0.0180. The van der Waals surface area contributed by atoms with Crippen LogP contribution in [0.25, 0.3) is 6.08 Å². The molecule has 8 aromatic carbocycles. The number of hydrogen-bond acceptors (Lipinski definition) is 15. The molecule has 0 bridgehead atoms. The van der Waals surface area contributed by atoms with E-state index in [1.165, 1.54) is 18.9 Å². The number of anilines is 4. The lowest BCUT2D eigenvalue weighted by Crippen LogP contribution is -2.29. The predicted molar refractivity (Wildman–Crippen MR) is 483 cm³/mol. The van der Waals surface area contributed by atoms with E-state index in [4.69, 9.17) is 132 Å². The fraction of sp³-hybridized carbons (Fsp3) is 0.260. The maximum atomic E-state index is 12.1. The topological polar surface area (TPSA) is 322 Å². The molecule has 3 amide bonds. The molecule has 2 aliphatic carbocycles. The highest BCUT2D eigenvalue weighted by Crippen LogP contribution is 2.44. The third kappa shape index (κ3) is 30.2. The van der Waals surface area contributed by atoms with Gasteiger partial charge in [-0.2, -0.15) is 0 Å². The maximum Gasteiger partial charge on any atom is 0.328 e. The van der Waals surface area contributed by atoms with Crippen molar-refractivity contribution in [2.24, 2.45) is 0 Å². The van der Waals surface area contributed by atoms with Crippen molar-refractivity contribution in [3.05, 3.63) is 224 Å². The van der Waals surface area contributed by atoms with Crippen molar-refractivity contribution in [1.82, 2.24) is 16.0 Å². The molecule has 10 rings (SSSR count). The van der Waals surface area contributed by atoms with Crippen LogP contribution in [0, 0.1) is 0 Å². The minimum atomic E-state index is -1.12. The van der Waals surface area contributed by atoms with Crippen molar-refractivity contribution in [1.29, 1.82) is 0 Å². The minimum absolute atomic E-state index is 0.147. The molecule has 8 aromatic rings. The number of hydrogen-bond donors (Lipinski definition) is 11. The van der Waals surface area contributed by atoms with Crippen molar-refractivity contribution in [3.63, 3.8) is 0 Å². The summed E-state index contributed by atoms with van der Waals surface area (Å²) in [4.78, 5) is 78.7. The summed E-state index contributed by atoms with van der Waals surface area (Å²) in [7, 11) is 0. The molecule has 0 unspecified atom stereocenters. The van der Waals surface area contributed by atoms with Crippen LogP contribution >= 0.6 is 220 Å². The summed E-state index contributed by atoms with van der Waals surface area (Å²) in [5.74, 6) is -3.89. The highest BCUT2D eigenvalue weighted by molar-refractivity contribution is 9.12. The molecule has 0 aliphatic heterocycles. The first-order valence-electron chi connectivity index (χ1n) is 34.2. The van der Waals surface area contributed by atoms with Gasteiger partial charge < -0.3 is 76.6 Å². The van der Waals surface area contributed by atoms with Crippen molar-refractivity contribution < 1.29 is 72.9 Å². The predicted octanol–water partition coefficient (Wildman–Crippen LogP) is 24.1. The number of halogens is 16. The monoisotopic (exact) mass is 2240 g/mol. The molecule has 0 aromatic heterocycles. The van der Waals surface area contributed by atoms with E-state index in [0.717, 1.165) is 71.2 Å². The molecule has 614 valence electrons. The number of rotatable bonds is 31. The Morgan fingerprint density at radius 3 is 0.939 bits per heavy atom. The second-order valence-corrected chi connectivity index (χ2v) is 35.3. The molecule has 2 saturated carbocycles. The van der Waals surface area contributed by atoms with Gasteiger partial charge in [-0.25, -0.2) is 4.79 Å². The molecule has 0 spiro atoms. The lowest BCUT2D eigenvalue weighted by molar-refractivity contribution is -0.136. The number of benzene rings is 8. The fourth-order valence-electron chi connectivity index (χ4n) is 10.3. The van der Waals surface area contributed by atoms with Gasteiger partial charge in [-0.05, 0) is 295 Å². The number of aliphatic carboxylic acids is 4. The normalized spacial score (nSPS) is 12.2. The molecule has 115 heavy (non-hydrogen) atoms. The number of nitrogens with one attached hydrogen (secondary N) is 7. The fourth-order valence-corrected chi connectivity index (χ4v) is 17.9. The number of carbonyl (C=O) groups excluding carboxylic acids is 3. The minimum Gasteiger partial charge on any atom is -0.486 e. The molecule has 0 heterocycles. The Balaban J connectivity index is 0.000000212. The van der Waals surface area contributed by atoms with E-state index >= 15 is 0 Å². The smallest absolute Gasteiger partial charge is 0.328 e. The number of amides is 3. The summed E-state index contributed by atoms with van der Waals surface area (Å²) in [5, 5.41) is 59.3. The Kier molecular flexibility index (Phi) is 39.3. The average molecular weight is 2260 g/mol. The van der Waals surface area contributed by atoms with Crippen LogP contribution in [-0.2, 0) is 45.6 Å². The van der Waals surface area contributed by atoms with E-state index in [0.29, 0.717) is 129 Å². The van der Waals surface area contributed by atoms with Crippen LogP contribution in [0.5, 0.6) is 23.0 Å². The van der Waals surface area contributed by atoms with Crippen LogP contribution in [0.1, 0.15) is 118 Å². The van der Waals surface area contributed by atoms with Gasteiger partial charge in [-0.15, -0.1) is 0 Å². The second kappa shape index (κ2) is 46.8. The van der Waals surface area contributed by atoms with Gasteiger partial charge in [-0.3, -0.25) is 28.8 Å². The van der Waals surface area contributed by atoms with Gasteiger partial charge in [-0.1, -0.05) is 92.8 Å². The zero-order valence-electron chi connectivity index (χ0n) is 60.4. The molecule has 0 saturated heterocycles. The molecular formula is C77H69Br8Cl8N7O15. The summed E-state index contributed by atoms with van der Waals surface area (Å²) in [6.07, 6.45) is 9.52. The Hall–Kier alpha value is -5.65. The Labute approximate surface area is 769 Å². The molecule has 2 fully saturated rings. The van der Waals surface area contributed by atoms with Gasteiger partial charge in [0.25, 0.3) is 17.7 Å². The number of carbonyl (C=O) groups is 7. The van der Waals surface area contributed by atoms with E-state index < -0.39 is 61.2 Å². The number of carboxylic acid groups (broad SMARTS) is 4. The lowest BCUT2D eigenvalue weighted by atomic mass is 9.93. The zero-order valence-corrected chi connectivity index (χ0v) is 79.1. The van der Waals surface area contributed by atoms with Gasteiger partial charge in [0, 0.05) is 89.8 Å². The average Bonchev–Trinajstić information content (AvgIpc) is 0.828. The Morgan fingerprint density at radius 1 is 0.409 bits per heavy atom. The van der Waals surface area contributed by atoms with Crippen LogP contribution in [0.15, 0.2) is 139 Å². The largest absolute Gasteiger partial charge is 0.486 e. The maximum absolute atomic E-state index is 12.1. The first kappa shape index (κ1) is 96.5. The third-order valence-corrected chi connectivity index (χ3v) is 23.5. The SMILES string of the molecule is CC(C)Nc1cc(Cl)cc(COc2c(Br)cc(C(=O)NCC(=O)O)cc2Br)c1Cl.CCNc1cc(Cl)cc(COc2c(Br)cc(C(=O)NCC(=O)O)cc2Br)c1Cl.O=C(O)C=Cc1cc(Br)c(OCc2cc(Cl)cc(NC3CCC3)c2Cl)c(Br)c1.O=C(O)CNC(=O)c1cc(Br)c(OCc2cc(Cl)cc(NC3CCC3)c2Cl)c(Br)c1. The summed E-state index contributed by atoms with van der Waals surface area (Å²) in [6, 6.07) is 28.0. The van der Waals surface area contributed by atoms with Gasteiger partial charge in [0.1, 0.15) is 69.1 Å². The Morgan fingerprint density at radius 2 is 0.678 bits per heavy atom. The van der Waals surface area contributed by atoms with Crippen molar-refractivity contribution >= 4 is 291 Å². The molecular weight excluding hydrogens is 2190 g/mol. The van der Waals surface area contributed by atoms with Gasteiger partial charge in [0.2, 0.25) is 0 Å². The van der Waals surface area contributed by atoms with Crippen LogP contribution in [0.4, 0.5) is 22.7 Å². The molecule has 38 heteroatoms. The zero-order chi connectivity index (χ0) is 84.7. The lowest BCUT2D eigenvalue weighted by Gasteiger charge is -2.28. The van der Waals surface area contributed by atoms with Crippen molar-refractivity contribution in [3.8, 4) is 23.0 Å². The Bertz CT molecular complexity index is 4880.